The molecular formula is C12H17N3O2. The third-order valence-corrected chi connectivity index (χ3v) is 2.92. The zero-order chi connectivity index (χ0) is 12.3. The van der Waals surface area contributed by atoms with E-state index in [-0.39, 0.29) is 5.91 Å². The fraction of sp³-hybridized carbons (Fsp3) is 0.417. The number of carbonyl (C=O) groups is 1. The summed E-state index contributed by atoms with van der Waals surface area (Å²) < 4.78 is 5.23. The lowest BCUT2D eigenvalue weighted by molar-refractivity contribution is 0.0302. The summed E-state index contributed by atoms with van der Waals surface area (Å²) in [4.78, 5) is 14.1. The molecule has 0 saturated carbocycles. The molecule has 1 amide bonds. The minimum absolute atomic E-state index is 0.0642. The zero-order valence-corrected chi connectivity index (χ0v) is 9.90. The number of aryl methyl sites for hydroxylation is 1. The van der Waals surface area contributed by atoms with Crippen molar-refractivity contribution in [1.82, 2.24) is 4.90 Å². The quantitative estimate of drug-likeness (QED) is 0.586. The van der Waals surface area contributed by atoms with Gasteiger partial charge in [0.25, 0.3) is 5.91 Å². The number of rotatable bonds is 2. The number of hydrazine groups is 1. The molecule has 0 unspecified atom stereocenters. The third kappa shape index (κ3) is 2.57. The summed E-state index contributed by atoms with van der Waals surface area (Å²) in [7, 11) is 0. The Kier molecular flexibility index (Phi) is 3.61. The Bertz CT molecular complexity index is 414. The number of nitrogen functional groups attached to an aromatic ring is 1. The minimum Gasteiger partial charge on any atom is -0.378 e. The highest BCUT2D eigenvalue weighted by atomic mass is 16.5. The summed E-state index contributed by atoms with van der Waals surface area (Å²) >= 11 is 0. The van der Waals surface area contributed by atoms with Crippen LogP contribution in [0.2, 0.25) is 0 Å². The molecule has 0 aromatic heterocycles. The fourth-order valence-electron chi connectivity index (χ4n) is 1.93. The van der Waals surface area contributed by atoms with Gasteiger partial charge in [0, 0.05) is 24.3 Å². The maximum absolute atomic E-state index is 12.2. The van der Waals surface area contributed by atoms with Gasteiger partial charge in [0.2, 0.25) is 0 Å². The summed E-state index contributed by atoms with van der Waals surface area (Å²) in [5.41, 5.74) is 5.03. The van der Waals surface area contributed by atoms with E-state index >= 15 is 0 Å². The van der Waals surface area contributed by atoms with Crippen molar-refractivity contribution < 1.29 is 9.53 Å². The molecule has 3 N–H and O–H groups in total. The largest absolute Gasteiger partial charge is 0.378 e. The number of nitrogens with one attached hydrogen (secondary N) is 1. The number of ether oxygens (including phenoxy) is 1. The van der Waals surface area contributed by atoms with E-state index in [1.165, 1.54) is 0 Å². The first kappa shape index (κ1) is 11.9. The Hall–Kier alpha value is -1.59. The summed E-state index contributed by atoms with van der Waals surface area (Å²) in [6.07, 6.45) is 0. The van der Waals surface area contributed by atoms with E-state index in [0.717, 1.165) is 16.8 Å². The number of nitrogens with zero attached hydrogens (tertiary/aromatic N) is 1. The zero-order valence-electron chi connectivity index (χ0n) is 9.90. The third-order valence-electron chi connectivity index (χ3n) is 2.92. The first-order chi connectivity index (χ1) is 8.22. The van der Waals surface area contributed by atoms with Gasteiger partial charge in [0.15, 0.2) is 0 Å². The van der Waals surface area contributed by atoms with E-state index in [2.05, 4.69) is 5.43 Å². The molecule has 5 heteroatoms. The van der Waals surface area contributed by atoms with Crippen LogP contribution in [0.15, 0.2) is 18.2 Å². The number of anilines is 1. The van der Waals surface area contributed by atoms with E-state index in [9.17, 15) is 4.79 Å². The lowest BCUT2D eigenvalue weighted by atomic mass is 10.1. The smallest absolute Gasteiger partial charge is 0.254 e. The number of hydrogen-bond donors (Lipinski definition) is 2. The molecule has 1 aromatic rings. The van der Waals surface area contributed by atoms with Gasteiger partial charge in [0.1, 0.15) is 0 Å². The second-order valence-electron chi connectivity index (χ2n) is 4.08. The standard InChI is InChI=1S/C12H17N3O2/c1-9-8-10(14-13)2-3-11(9)12(16)15-4-6-17-7-5-15/h2-3,8,14H,4-7,13H2,1H3. The molecule has 17 heavy (non-hydrogen) atoms. The van der Waals surface area contributed by atoms with Gasteiger partial charge in [-0.1, -0.05) is 0 Å². The average Bonchev–Trinajstić information content (AvgIpc) is 2.39. The number of morpholine rings is 1. The first-order valence-corrected chi connectivity index (χ1v) is 5.66. The van der Waals surface area contributed by atoms with Gasteiger partial charge >= 0.3 is 0 Å². The second-order valence-corrected chi connectivity index (χ2v) is 4.08. The second kappa shape index (κ2) is 5.16. The Morgan fingerprint density at radius 1 is 1.41 bits per heavy atom. The summed E-state index contributed by atoms with van der Waals surface area (Å²) in [6.45, 7) is 4.47. The molecule has 0 atom stereocenters. The van der Waals surface area contributed by atoms with Gasteiger partial charge in [-0.05, 0) is 30.7 Å². The molecule has 2 rings (SSSR count). The van der Waals surface area contributed by atoms with Gasteiger partial charge in [-0.25, -0.2) is 0 Å². The Balaban J connectivity index is 2.18. The average molecular weight is 235 g/mol. The number of benzene rings is 1. The SMILES string of the molecule is Cc1cc(NN)ccc1C(=O)N1CCOCC1. The molecule has 0 spiro atoms. The topological polar surface area (TPSA) is 67.6 Å². The van der Waals surface area contributed by atoms with Crippen molar-refractivity contribution in [1.29, 1.82) is 0 Å². The molecular weight excluding hydrogens is 218 g/mol. The van der Waals surface area contributed by atoms with Gasteiger partial charge in [-0.3, -0.25) is 10.6 Å². The van der Waals surface area contributed by atoms with Crippen molar-refractivity contribution >= 4 is 11.6 Å². The van der Waals surface area contributed by atoms with Crippen LogP contribution in [0, 0.1) is 6.92 Å². The Morgan fingerprint density at radius 2 is 2.12 bits per heavy atom. The van der Waals surface area contributed by atoms with Gasteiger partial charge < -0.3 is 15.1 Å². The number of carbonyl (C=O) groups excluding carboxylic acids is 1. The molecule has 92 valence electrons. The summed E-state index contributed by atoms with van der Waals surface area (Å²) in [5.74, 6) is 5.39. The highest BCUT2D eigenvalue weighted by molar-refractivity contribution is 5.96. The molecule has 1 aliphatic heterocycles. The molecule has 1 fully saturated rings. The lowest BCUT2D eigenvalue weighted by Gasteiger charge is -2.27. The summed E-state index contributed by atoms with van der Waals surface area (Å²) in [5, 5.41) is 0. The normalized spacial score (nSPS) is 15.8. The van der Waals surface area contributed by atoms with E-state index in [0.29, 0.717) is 26.3 Å². The van der Waals surface area contributed by atoms with Crippen LogP contribution in [0.25, 0.3) is 0 Å². The molecule has 1 heterocycles. The molecule has 0 radical (unpaired) electrons. The first-order valence-electron chi connectivity index (χ1n) is 5.66. The van der Waals surface area contributed by atoms with Crippen LogP contribution in [-0.4, -0.2) is 37.1 Å². The predicted molar refractivity (Wildman–Crippen MR) is 65.7 cm³/mol. The van der Waals surface area contributed by atoms with Crippen molar-refractivity contribution in [2.45, 2.75) is 6.92 Å². The molecule has 0 aliphatic carbocycles. The fourth-order valence-corrected chi connectivity index (χ4v) is 1.93. The number of hydrogen-bond acceptors (Lipinski definition) is 4. The number of amides is 1. The van der Waals surface area contributed by atoms with Crippen LogP contribution in [-0.2, 0) is 4.74 Å². The van der Waals surface area contributed by atoms with Gasteiger partial charge in [-0.15, -0.1) is 0 Å². The van der Waals surface area contributed by atoms with Crippen LogP contribution < -0.4 is 11.3 Å². The minimum atomic E-state index is 0.0642. The Morgan fingerprint density at radius 3 is 2.71 bits per heavy atom. The maximum Gasteiger partial charge on any atom is 0.254 e. The lowest BCUT2D eigenvalue weighted by Crippen LogP contribution is -2.40. The van der Waals surface area contributed by atoms with Crippen LogP contribution in [0.1, 0.15) is 15.9 Å². The van der Waals surface area contributed by atoms with E-state index < -0.39 is 0 Å². The van der Waals surface area contributed by atoms with Crippen molar-refractivity contribution in [3.05, 3.63) is 29.3 Å². The number of nitrogens with two attached hydrogens (primary N) is 1. The van der Waals surface area contributed by atoms with Gasteiger partial charge in [-0.2, -0.15) is 0 Å². The molecule has 1 aliphatic rings. The molecule has 1 aromatic carbocycles. The van der Waals surface area contributed by atoms with E-state index in [1.807, 2.05) is 24.0 Å². The van der Waals surface area contributed by atoms with E-state index in [1.54, 1.807) is 6.07 Å². The van der Waals surface area contributed by atoms with E-state index in [4.69, 9.17) is 10.6 Å². The predicted octanol–water partition coefficient (Wildman–Crippen LogP) is 0.753. The van der Waals surface area contributed by atoms with Gasteiger partial charge in [0.05, 0.1) is 13.2 Å². The van der Waals surface area contributed by atoms with Crippen molar-refractivity contribution in [2.24, 2.45) is 5.84 Å². The van der Waals surface area contributed by atoms with Crippen molar-refractivity contribution in [2.75, 3.05) is 31.7 Å². The highest BCUT2D eigenvalue weighted by Crippen LogP contribution is 2.16. The van der Waals surface area contributed by atoms with Crippen LogP contribution in [0.5, 0.6) is 0 Å². The van der Waals surface area contributed by atoms with Crippen molar-refractivity contribution in [3.63, 3.8) is 0 Å². The molecule has 1 saturated heterocycles. The Labute approximate surface area is 101 Å². The van der Waals surface area contributed by atoms with Crippen LogP contribution in [0.4, 0.5) is 5.69 Å². The maximum atomic E-state index is 12.2. The van der Waals surface area contributed by atoms with Crippen LogP contribution in [0.3, 0.4) is 0 Å². The van der Waals surface area contributed by atoms with Crippen molar-refractivity contribution in [3.8, 4) is 0 Å². The summed E-state index contributed by atoms with van der Waals surface area (Å²) in [6, 6.07) is 5.48. The highest BCUT2D eigenvalue weighted by Gasteiger charge is 2.19. The molecule has 0 bridgehead atoms. The monoisotopic (exact) mass is 235 g/mol. The molecule has 5 nitrogen and oxygen atoms in total. The van der Waals surface area contributed by atoms with Crippen LogP contribution >= 0.6 is 0 Å².